The Bertz CT molecular complexity index is 376. The molecular weight excluding hydrogens is 374 g/mol. The molecule has 0 aromatic carbocycles. The molecule has 0 bridgehead atoms. The van der Waals surface area contributed by atoms with E-state index in [0.717, 1.165) is 14.8 Å². The van der Waals surface area contributed by atoms with Crippen LogP contribution in [0.15, 0.2) is 27.8 Å². The fourth-order valence-corrected chi connectivity index (χ4v) is 5.29. The molecule has 1 nitrogen and oxygen atoms in total. The molecule has 0 atom stereocenters. The minimum Gasteiger partial charge on any atom is -0.249 e. The molecule has 100 valence electrons. The van der Waals surface area contributed by atoms with Gasteiger partial charge in [0.2, 0.25) is 0 Å². The van der Waals surface area contributed by atoms with Gasteiger partial charge in [-0.25, -0.2) is 4.98 Å². The number of aromatic nitrogens is 1. The second kappa shape index (κ2) is 7.30. The summed E-state index contributed by atoms with van der Waals surface area (Å²) in [5.74, 6) is 1.17. The van der Waals surface area contributed by atoms with Gasteiger partial charge in [-0.3, -0.25) is 0 Å². The Labute approximate surface area is 131 Å². The van der Waals surface area contributed by atoms with Crippen LogP contribution in [-0.4, -0.2) is 16.1 Å². The predicted molar refractivity (Wildman–Crippen MR) is 86.6 cm³/mol. The van der Waals surface area contributed by atoms with Crippen molar-refractivity contribution in [1.82, 2.24) is 4.98 Å². The highest BCUT2D eigenvalue weighted by atomic mass is 79.9. The average molecular weight is 393 g/mol. The molecule has 1 aliphatic rings. The fraction of sp³-hybridized carbons (Fsp3) is 0.643. The van der Waals surface area contributed by atoms with Crippen LogP contribution >= 0.6 is 43.6 Å². The summed E-state index contributed by atoms with van der Waals surface area (Å²) in [6.45, 7) is 0. The number of rotatable bonds is 4. The van der Waals surface area contributed by atoms with Crippen molar-refractivity contribution in [3.8, 4) is 0 Å². The summed E-state index contributed by atoms with van der Waals surface area (Å²) in [7, 11) is 0. The van der Waals surface area contributed by atoms with Gasteiger partial charge in [0.05, 0.1) is 0 Å². The van der Waals surface area contributed by atoms with Crippen LogP contribution in [0.2, 0.25) is 0 Å². The van der Waals surface area contributed by atoms with Gasteiger partial charge in [-0.15, -0.1) is 11.8 Å². The van der Waals surface area contributed by atoms with Crippen molar-refractivity contribution in [3.63, 3.8) is 0 Å². The number of thioether (sulfide) groups is 1. The molecule has 0 spiro atoms. The quantitative estimate of drug-likeness (QED) is 0.371. The first-order valence-corrected chi connectivity index (χ1v) is 9.45. The van der Waals surface area contributed by atoms with Crippen LogP contribution in [0.3, 0.4) is 0 Å². The highest BCUT2D eigenvalue weighted by Crippen LogP contribution is 2.41. The molecule has 1 aliphatic carbocycles. The molecule has 0 amide bonds. The number of pyridine rings is 1. The molecule has 18 heavy (non-hydrogen) atoms. The van der Waals surface area contributed by atoms with Gasteiger partial charge in [0.15, 0.2) is 0 Å². The number of halogens is 2. The van der Waals surface area contributed by atoms with Crippen molar-refractivity contribution in [1.29, 1.82) is 0 Å². The average Bonchev–Trinajstić information content (AvgIpc) is 2.64. The molecule has 0 aliphatic heterocycles. The molecule has 1 saturated carbocycles. The van der Waals surface area contributed by atoms with Crippen LogP contribution in [0.1, 0.15) is 38.5 Å². The number of hydrogen-bond donors (Lipinski definition) is 0. The lowest BCUT2D eigenvalue weighted by Crippen LogP contribution is -2.25. The third-order valence-electron chi connectivity index (χ3n) is 3.69. The molecular formula is C14H19Br2NS. The summed E-state index contributed by atoms with van der Waals surface area (Å²) in [4.78, 5) is 4.45. The number of alkyl halides is 1. The van der Waals surface area contributed by atoms with Crippen molar-refractivity contribution in [2.45, 2.75) is 43.6 Å². The van der Waals surface area contributed by atoms with Gasteiger partial charge in [-0.1, -0.05) is 41.6 Å². The monoisotopic (exact) mass is 391 g/mol. The molecule has 1 aromatic rings. The van der Waals surface area contributed by atoms with Gasteiger partial charge in [0, 0.05) is 21.8 Å². The van der Waals surface area contributed by atoms with Gasteiger partial charge in [-0.2, -0.15) is 0 Å². The zero-order valence-corrected chi connectivity index (χ0v) is 14.5. The highest BCUT2D eigenvalue weighted by molar-refractivity contribution is 9.10. The third kappa shape index (κ3) is 3.97. The van der Waals surface area contributed by atoms with E-state index in [-0.39, 0.29) is 0 Å². The van der Waals surface area contributed by atoms with E-state index in [9.17, 15) is 0 Å². The smallest absolute Gasteiger partial charge is 0.110 e. The fourth-order valence-electron chi connectivity index (χ4n) is 2.49. The van der Waals surface area contributed by atoms with E-state index in [1.807, 2.05) is 24.0 Å². The predicted octanol–water partition coefficient (Wildman–Crippen LogP) is 5.67. The minimum absolute atomic E-state index is 0.470. The minimum atomic E-state index is 0.470. The summed E-state index contributed by atoms with van der Waals surface area (Å²) in [6, 6.07) is 4.04. The van der Waals surface area contributed by atoms with E-state index in [1.165, 1.54) is 44.3 Å². The maximum atomic E-state index is 4.45. The molecule has 0 radical (unpaired) electrons. The lowest BCUT2D eigenvalue weighted by molar-refractivity contribution is 0.334. The molecule has 0 saturated heterocycles. The van der Waals surface area contributed by atoms with Crippen LogP contribution in [0.5, 0.6) is 0 Å². The Hall–Kier alpha value is 0.460. The second-order valence-electron chi connectivity index (χ2n) is 5.13. The first-order chi connectivity index (χ1) is 8.76. The Morgan fingerprint density at radius 2 is 1.94 bits per heavy atom. The number of nitrogens with zero attached hydrogens (tertiary/aromatic N) is 1. The summed E-state index contributed by atoms with van der Waals surface area (Å²) in [5.41, 5.74) is 0.470. The highest BCUT2D eigenvalue weighted by Gasteiger charge is 2.30. The zero-order valence-electron chi connectivity index (χ0n) is 10.5. The van der Waals surface area contributed by atoms with Crippen molar-refractivity contribution >= 4 is 43.6 Å². The van der Waals surface area contributed by atoms with Crippen molar-refractivity contribution < 1.29 is 0 Å². The van der Waals surface area contributed by atoms with Crippen LogP contribution in [0.25, 0.3) is 0 Å². The maximum absolute atomic E-state index is 4.45. The summed E-state index contributed by atoms with van der Waals surface area (Å²) in [6.07, 6.45) is 10.2. The lowest BCUT2D eigenvalue weighted by atomic mass is 9.85. The van der Waals surface area contributed by atoms with E-state index in [4.69, 9.17) is 0 Å². The van der Waals surface area contributed by atoms with Crippen molar-refractivity contribution in [2.24, 2.45) is 5.41 Å². The van der Waals surface area contributed by atoms with E-state index in [0.29, 0.717) is 5.41 Å². The SMILES string of the molecule is BrCC1(CSc2ncccc2Br)CCCCCC1. The maximum Gasteiger partial charge on any atom is 0.110 e. The van der Waals surface area contributed by atoms with Gasteiger partial charge < -0.3 is 0 Å². The summed E-state index contributed by atoms with van der Waals surface area (Å²) < 4.78 is 1.12. The number of hydrogen-bond acceptors (Lipinski definition) is 2. The van der Waals surface area contributed by atoms with Gasteiger partial charge in [0.1, 0.15) is 5.03 Å². The molecule has 4 heteroatoms. The molecule has 0 unspecified atom stereocenters. The first-order valence-electron chi connectivity index (χ1n) is 6.55. The molecule has 1 heterocycles. The van der Waals surface area contributed by atoms with E-state index in [1.54, 1.807) is 0 Å². The van der Waals surface area contributed by atoms with Gasteiger partial charge in [0.25, 0.3) is 0 Å². The van der Waals surface area contributed by atoms with Crippen molar-refractivity contribution in [2.75, 3.05) is 11.1 Å². The van der Waals surface area contributed by atoms with E-state index in [2.05, 4.69) is 42.9 Å². The molecule has 2 rings (SSSR count). The van der Waals surface area contributed by atoms with E-state index >= 15 is 0 Å². The molecule has 0 N–H and O–H groups in total. The Morgan fingerprint density at radius 3 is 2.56 bits per heavy atom. The first kappa shape index (κ1) is 14.9. The Balaban J connectivity index is 2.00. The lowest BCUT2D eigenvalue weighted by Gasteiger charge is -2.30. The van der Waals surface area contributed by atoms with Crippen LogP contribution < -0.4 is 0 Å². The molecule has 1 aromatic heterocycles. The normalized spacial score (nSPS) is 19.4. The second-order valence-corrected chi connectivity index (χ2v) is 7.51. The standard InChI is InChI=1S/C14H19Br2NS/c15-10-14(7-3-1-2-4-8-14)11-18-13-12(16)6-5-9-17-13/h5-6,9H,1-4,7-8,10-11H2. The van der Waals surface area contributed by atoms with Crippen molar-refractivity contribution in [3.05, 3.63) is 22.8 Å². The third-order valence-corrected chi connectivity index (χ3v) is 7.13. The van der Waals surface area contributed by atoms with Crippen LogP contribution in [0, 0.1) is 5.41 Å². The van der Waals surface area contributed by atoms with Gasteiger partial charge >= 0.3 is 0 Å². The van der Waals surface area contributed by atoms with Crippen LogP contribution in [-0.2, 0) is 0 Å². The Kier molecular flexibility index (Phi) is 6.02. The zero-order chi connectivity index (χ0) is 12.8. The summed E-state index contributed by atoms with van der Waals surface area (Å²) >= 11 is 9.23. The Morgan fingerprint density at radius 1 is 1.22 bits per heavy atom. The van der Waals surface area contributed by atoms with Crippen LogP contribution in [0.4, 0.5) is 0 Å². The molecule has 1 fully saturated rings. The summed E-state index contributed by atoms with van der Waals surface area (Å²) in [5, 5.41) is 2.25. The largest absolute Gasteiger partial charge is 0.249 e. The van der Waals surface area contributed by atoms with E-state index < -0.39 is 0 Å². The van der Waals surface area contributed by atoms with Gasteiger partial charge in [-0.05, 0) is 46.3 Å². The topological polar surface area (TPSA) is 12.9 Å².